The first kappa shape index (κ1) is 13.6. The molecule has 0 saturated heterocycles. The molecule has 0 fully saturated rings. The molecular formula is C19H20N2. The molecule has 0 aliphatic heterocycles. The van der Waals surface area contributed by atoms with E-state index in [9.17, 15) is 0 Å². The molecule has 2 nitrogen and oxygen atoms in total. The van der Waals surface area contributed by atoms with E-state index in [4.69, 9.17) is 0 Å². The van der Waals surface area contributed by atoms with E-state index in [1.54, 1.807) is 0 Å². The van der Waals surface area contributed by atoms with Gasteiger partial charge < -0.3 is 5.32 Å². The predicted octanol–water partition coefficient (Wildman–Crippen LogP) is 4.65. The number of nitrogens with one attached hydrogen (secondary N) is 1. The third-order valence-electron chi connectivity index (χ3n) is 3.66. The van der Waals surface area contributed by atoms with Gasteiger partial charge in [-0.1, -0.05) is 55.5 Å². The summed E-state index contributed by atoms with van der Waals surface area (Å²) in [5.41, 5.74) is 4.87. The summed E-state index contributed by atoms with van der Waals surface area (Å²) in [7, 11) is 0. The summed E-state index contributed by atoms with van der Waals surface area (Å²) in [6, 6.07) is 19.1. The summed E-state index contributed by atoms with van der Waals surface area (Å²) >= 11 is 0. The topological polar surface area (TPSA) is 24.9 Å². The van der Waals surface area contributed by atoms with Gasteiger partial charge in [-0.3, -0.25) is 4.98 Å². The number of rotatable bonds is 5. The Bertz CT molecular complexity index is 720. The molecule has 21 heavy (non-hydrogen) atoms. The highest BCUT2D eigenvalue weighted by Crippen LogP contribution is 2.25. The van der Waals surface area contributed by atoms with Crippen LogP contribution in [0.15, 0.2) is 60.8 Å². The predicted molar refractivity (Wildman–Crippen MR) is 89.8 cm³/mol. The van der Waals surface area contributed by atoms with Crippen LogP contribution in [0.1, 0.15) is 24.5 Å². The minimum Gasteiger partial charge on any atom is -0.384 e. The van der Waals surface area contributed by atoms with E-state index in [0.29, 0.717) is 0 Å². The van der Waals surface area contributed by atoms with Crippen LogP contribution in [-0.2, 0) is 6.42 Å². The van der Waals surface area contributed by atoms with Gasteiger partial charge in [0, 0.05) is 23.8 Å². The second-order valence-electron chi connectivity index (χ2n) is 5.26. The molecule has 0 atom stereocenters. The number of pyridine rings is 1. The zero-order chi connectivity index (χ0) is 14.5. The number of hydrogen-bond donors (Lipinski definition) is 1. The van der Waals surface area contributed by atoms with Gasteiger partial charge in [0.25, 0.3) is 0 Å². The Morgan fingerprint density at radius 3 is 2.62 bits per heavy atom. The smallest absolute Gasteiger partial charge is 0.0758 e. The first-order valence-electron chi connectivity index (χ1n) is 7.53. The number of hydrogen-bond acceptors (Lipinski definition) is 2. The number of aromatic nitrogens is 1. The molecule has 3 rings (SSSR count). The van der Waals surface area contributed by atoms with Crippen molar-refractivity contribution in [3.05, 3.63) is 71.9 Å². The quantitative estimate of drug-likeness (QED) is 0.734. The van der Waals surface area contributed by atoms with E-state index in [1.807, 2.05) is 6.20 Å². The van der Waals surface area contributed by atoms with Crippen LogP contribution in [-0.4, -0.2) is 11.5 Å². The van der Waals surface area contributed by atoms with Crippen molar-refractivity contribution in [2.24, 2.45) is 0 Å². The highest BCUT2D eigenvalue weighted by atomic mass is 14.9. The molecule has 0 spiro atoms. The average molecular weight is 276 g/mol. The average Bonchev–Trinajstić information content (AvgIpc) is 2.54. The summed E-state index contributed by atoms with van der Waals surface area (Å²) in [5.74, 6) is 0. The van der Waals surface area contributed by atoms with Crippen LogP contribution >= 0.6 is 0 Å². The van der Waals surface area contributed by atoms with Crippen molar-refractivity contribution in [2.45, 2.75) is 19.8 Å². The van der Waals surface area contributed by atoms with Crippen molar-refractivity contribution in [1.29, 1.82) is 0 Å². The molecule has 0 aliphatic rings. The van der Waals surface area contributed by atoms with Crippen molar-refractivity contribution in [2.75, 3.05) is 11.9 Å². The number of benzene rings is 2. The molecule has 2 aromatic carbocycles. The Balaban J connectivity index is 2.00. The second-order valence-corrected chi connectivity index (χ2v) is 5.26. The molecule has 3 aromatic rings. The molecule has 2 heteroatoms. The maximum absolute atomic E-state index is 4.61. The third kappa shape index (κ3) is 3.05. The minimum absolute atomic E-state index is 0.919. The molecule has 0 radical (unpaired) electrons. The van der Waals surface area contributed by atoms with E-state index < -0.39 is 0 Å². The van der Waals surface area contributed by atoms with Gasteiger partial charge in [-0.05, 0) is 30.0 Å². The Morgan fingerprint density at radius 1 is 0.952 bits per heavy atom. The van der Waals surface area contributed by atoms with Crippen molar-refractivity contribution in [1.82, 2.24) is 4.98 Å². The van der Waals surface area contributed by atoms with Crippen molar-refractivity contribution in [3.8, 4) is 0 Å². The molecule has 106 valence electrons. The largest absolute Gasteiger partial charge is 0.384 e. The van der Waals surface area contributed by atoms with Crippen LogP contribution in [0.3, 0.4) is 0 Å². The second kappa shape index (κ2) is 6.40. The van der Waals surface area contributed by atoms with Crippen LogP contribution in [0.5, 0.6) is 0 Å². The number of fused-ring (bicyclic) bond motifs is 1. The van der Waals surface area contributed by atoms with Crippen molar-refractivity contribution in [3.63, 3.8) is 0 Å². The summed E-state index contributed by atoms with van der Waals surface area (Å²) in [4.78, 5) is 4.61. The van der Waals surface area contributed by atoms with E-state index in [0.717, 1.165) is 24.9 Å². The highest BCUT2D eigenvalue weighted by Gasteiger charge is 2.06. The van der Waals surface area contributed by atoms with Gasteiger partial charge in [-0.25, -0.2) is 0 Å². The summed E-state index contributed by atoms with van der Waals surface area (Å²) in [6.45, 7) is 3.17. The van der Waals surface area contributed by atoms with E-state index >= 15 is 0 Å². The zero-order valence-electron chi connectivity index (χ0n) is 12.3. The van der Waals surface area contributed by atoms with Gasteiger partial charge in [-0.2, -0.15) is 0 Å². The molecular weight excluding hydrogens is 256 g/mol. The van der Waals surface area contributed by atoms with Gasteiger partial charge in [0.05, 0.1) is 5.52 Å². The minimum atomic E-state index is 0.919. The van der Waals surface area contributed by atoms with Crippen molar-refractivity contribution >= 4 is 16.6 Å². The van der Waals surface area contributed by atoms with Crippen LogP contribution in [0.25, 0.3) is 10.9 Å². The molecule has 0 unspecified atom stereocenters. The lowest BCUT2D eigenvalue weighted by Crippen LogP contribution is -2.01. The normalized spacial score (nSPS) is 10.7. The van der Waals surface area contributed by atoms with Crippen LogP contribution in [0.4, 0.5) is 5.69 Å². The maximum atomic E-state index is 4.61. The molecule has 0 saturated carbocycles. The van der Waals surface area contributed by atoms with E-state index in [1.165, 1.54) is 22.2 Å². The van der Waals surface area contributed by atoms with Gasteiger partial charge >= 0.3 is 0 Å². The lowest BCUT2D eigenvalue weighted by molar-refractivity contribution is 0.981. The van der Waals surface area contributed by atoms with E-state index in [2.05, 4.69) is 71.8 Å². The first-order chi connectivity index (χ1) is 10.4. The highest BCUT2D eigenvalue weighted by molar-refractivity contribution is 5.93. The third-order valence-corrected chi connectivity index (χ3v) is 3.66. The van der Waals surface area contributed by atoms with E-state index in [-0.39, 0.29) is 0 Å². The van der Waals surface area contributed by atoms with Crippen LogP contribution in [0.2, 0.25) is 0 Å². The van der Waals surface area contributed by atoms with Gasteiger partial charge in [0.1, 0.15) is 0 Å². The standard InChI is InChI=1S/C19H20N2/c1-2-12-20-18-11-13-21-19-16(9-6-10-17(18)19)14-15-7-4-3-5-8-15/h3-11,13H,2,12,14H2,1H3,(H,20,21). The number of anilines is 1. The molecule has 0 amide bonds. The Morgan fingerprint density at radius 2 is 1.81 bits per heavy atom. The van der Waals surface area contributed by atoms with Gasteiger partial charge in [0.15, 0.2) is 0 Å². The Hall–Kier alpha value is -2.35. The van der Waals surface area contributed by atoms with Crippen LogP contribution < -0.4 is 5.32 Å². The maximum Gasteiger partial charge on any atom is 0.0758 e. The summed E-state index contributed by atoms with van der Waals surface area (Å²) < 4.78 is 0. The molecule has 1 N–H and O–H groups in total. The summed E-state index contributed by atoms with van der Waals surface area (Å²) in [6.07, 6.45) is 3.94. The van der Waals surface area contributed by atoms with Gasteiger partial charge in [-0.15, -0.1) is 0 Å². The number of nitrogens with zero attached hydrogens (tertiary/aromatic N) is 1. The molecule has 0 aliphatic carbocycles. The lowest BCUT2D eigenvalue weighted by Gasteiger charge is -2.11. The molecule has 1 heterocycles. The fraction of sp³-hybridized carbons (Fsp3) is 0.211. The summed E-state index contributed by atoms with van der Waals surface area (Å²) in [5, 5.41) is 4.70. The Kier molecular flexibility index (Phi) is 4.15. The SMILES string of the molecule is CCCNc1ccnc2c(Cc3ccccc3)cccc12. The van der Waals surface area contributed by atoms with Gasteiger partial charge in [0.2, 0.25) is 0 Å². The molecule has 0 bridgehead atoms. The molecule has 1 aromatic heterocycles. The first-order valence-corrected chi connectivity index (χ1v) is 7.53. The van der Waals surface area contributed by atoms with Crippen LogP contribution in [0, 0.1) is 0 Å². The number of para-hydroxylation sites is 1. The zero-order valence-corrected chi connectivity index (χ0v) is 12.3. The Labute approximate surface area is 125 Å². The fourth-order valence-corrected chi connectivity index (χ4v) is 2.61. The fourth-order valence-electron chi connectivity index (χ4n) is 2.61. The van der Waals surface area contributed by atoms with Crippen molar-refractivity contribution < 1.29 is 0 Å². The monoisotopic (exact) mass is 276 g/mol. The lowest BCUT2D eigenvalue weighted by atomic mass is 10.0.